The van der Waals surface area contributed by atoms with E-state index in [2.05, 4.69) is 40.3 Å². The van der Waals surface area contributed by atoms with Gasteiger partial charge in [0.15, 0.2) is 0 Å². The van der Waals surface area contributed by atoms with Crippen LogP contribution in [-0.4, -0.2) is 26.7 Å². The van der Waals surface area contributed by atoms with Crippen LogP contribution in [-0.2, 0) is 11.2 Å². The number of carbonyl (C=O) groups excluding carboxylic acids is 1. The molecule has 0 fully saturated rings. The van der Waals surface area contributed by atoms with Gasteiger partial charge in [0.1, 0.15) is 17.2 Å². The first-order valence-corrected chi connectivity index (χ1v) is 9.29. The van der Waals surface area contributed by atoms with Crippen molar-refractivity contribution < 1.29 is 19.0 Å². The third-order valence-electron chi connectivity index (χ3n) is 3.90. The van der Waals surface area contributed by atoms with Crippen molar-refractivity contribution in [3.8, 4) is 17.2 Å². The number of anilines is 1. The Hall–Kier alpha value is -2.21. The maximum atomic E-state index is 12.2. The Morgan fingerprint density at radius 1 is 1.08 bits per heavy atom. The average molecular weight is 422 g/mol. The van der Waals surface area contributed by atoms with Crippen LogP contribution in [0, 0.1) is 0 Å². The molecule has 0 heterocycles. The van der Waals surface area contributed by atoms with E-state index >= 15 is 0 Å². The molecule has 1 N–H and O–H groups in total. The van der Waals surface area contributed by atoms with Gasteiger partial charge in [0.05, 0.1) is 31.0 Å². The number of ether oxygens (including phenoxy) is 3. The minimum atomic E-state index is -0.0994. The molecular weight excluding hydrogens is 398 g/mol. The lowest BCUT2D eigenvalue weighted by Gasteiger charge is -2.13. The summed E-state index contributed by atoms with van der Waals surface area (Å²) in [5, 5.41) is 2.86. The zero-order chi connectivity index (χ0) is 18.9. The van der Waals surface area contributed by atoms with Crippen LogP contribution in [0.1, 0.15) is 25.3 Å². The van der Waals surface area contributed by atoms with Crippen LogP contribution < -0.4 is 19.5 Å². The molecule has 0 aliphatic rings. The van der Waals surface area contributed by atoms with Gasteiger partial charge in [0.2, 0.25) is 5.91 Å². The highest BCUT2D eigenvalue weighted by Gasteiger charge is 2.12. The monoisotopic (exact) mass is 421 g/mol. The Morgan fingerprint density at radius 3 is 2.38 bits per heavy atom. The number of halogens is 1. The van der Waals surface area contributed by atoms with Gasteiger partial charge in [-0.15, -0.1) is 0 Å². The fraction of sp³-hybridized carbons (Fsp3) is 0.350. The van der Waals surface area contributed by atoms with Crippen molar-refractivity contribution in [3.63, 3.8) is 0 Å². The van der Waals surface area contributed by atoms with Gasteiger partial charge in [-0.05, 0) is 46.5 Å². The lowest BCUT2D eigenvalue weighted by Crippen LogP contribution is -2.13. The quantitative estimate of drug-likeness (QED) is 0.589. The lowest BCUT2D eigenvalue weighted by molar-refractivity contribution is -0.116. The number of hydrogen-bond donors (Lipinski definition) is 1. The van der Waals surface area contributed by atoms with Crippen LogP contribution in [0.4, 0.5) is 5.69 Å². The first-order valence-electron chi connectivity index (χ1n) is 8.50. The van der Waals surface area contributed by atoms with Crippen molar-refractivity contribution in [2.24, 2.45) is 0 Å². The molecule has 2 aromatic rings. The first-order chi connectivity index (χ1) is 12.6. The summed E-state index contributed by atoms with van der Waals surface area (Å²) in [6, 6.07) is 11.5. The van der Waals surface area contributed by atoms with E-state index in [-0.39, 0.29) is 5.91 Å². The molecule has 1 amide bonds. The third-order valence-corrected chi connectivity index (χ3v) is 4.52. The molecule has 0 saturated carbocycles. The lowest BCUT2D eigenvalue weighted by atomic mass is 10.2. The summed E-state index contributed by atoms with van der Waals surface area (Å²) < 4.78 is 17.0. The molecule has 140 valence electrons. The standard InChI is InChI=1S/C20H24BrNO4/c1-4-14-7-9-15(10-8-14)26-11-5-6-20(23)22-17-13-18(24-2)16(21)12-19(17)25-3/h7-10,12-13H,4-6,11H2,1-3H3,(H,22,23). The topological polar surface area (TPSA) is 56.8 Å². The molecular formula is C20H24BrNO4. The second kappa shape index (κ2) is 10.1. The summed E-state index contributed by atoms with van der Waals surface area (Å²) in [5.41, 5.74) is 1.85. The van der Waals surface area contributed by atoms with Gasteiger partial charge in [0.25, 0.3) is 0 Å². The highest BCUT2D eigenvalue weighted by atomic mass is 79.9. The van der Waals surface area contributed by atoms with E-state index in [1.807, 2.05) is 12.1 Å². The molecule has 0 aromatic heterocycles. The molecule has 5 nitrogen and oxygen atoms in total. The van der Waals surface area contributed by atoms with Crippen molar-refractivity contribution in [3.05, 3.63) is 46.4 Å². The molecule has 0 bridgehead atoms. The normalized spacial score (nSPS) is 10.3. The molecule has 0 atom stereocenters. The van der Waals surface area contributed by atoms with Crippen LogP contribution in [0.5, 0.6) is 17.2 Å². The van der Waals surface area contributed by atoms with Gasteiger partial charge in [-0.1, -0.05) is 19.1 Å². The largest absolute Gasteiger partial charge is 0.495 e. The molecule has 0 radical (unpaired) electrons. The minimum Gasteiger partial charge on any atom is -0.495 e. The van der Waals surface area contributed by atoms with Gasteiger partial charge < -0.3 is 19.5 Å². The summed E-state index contributed by atoms with van der Waals surface area (Å²) in [6.07, 6.45) is 1.98. The average Bonchev–Trinajstić information content (AvgIpc) is 2.66. The van der Waals surface area contributed by atoms with E-state index in [1.54, 1.807) is 26.4 Å². The number of methoxy groups -OCH3 is 2. The Morgan fingerprint density at radius 2 is 1.77 bits per heavy atom. The molecule has 2 aromatic carbocycles. The van der Waals surface area contributed by atoms with Gasteiger partial charge >= 0.3 is 0 Å². The zero-order valence-corrected chi connectivity index (χ0v) is 16.9. The fourth-order valence-electron chi connectivity index (χ4n) is 2.41. The van der Waals surface area contributed by atoms with E-state index in [4.69, 9.17) is 14.2 Å². The van der Waals surface area contributed by atoms with Crippen molar-refractivity contribution in [2.45, 2.75) is 26.2 Å². The third kappa shape index (κ3) is 5.66. The molecule has 6 heteroatoms. The number of aryl methyl sites for hydroxylation is 1. The van der Waals surface area contributed by atoms with Crippen molar-refractivity contribution in [1.29, 1.82) is 0 Å². The Kier molecular flexibility index (Phi) is 7.78. The number of carbonyl (C=O) groups is 1. The Balaban J connectivity index is 1.83. The number of hydrogen-bond acceptors (Lipinski definition) is 4. The highest BCUT2D eigenvalue weighted by Crippen LogP contribution is 2.36. The molecule has 0 spiro atoms. The summed E-state index contributed by atoms with van der Waals surface area (Å²) in [7, 11) is 3.13. The van der Waals surface area contributed by atoms with Gasteiger partial charge in [-0.2, -0.15) is 0 Å². The van der Waals surface area contributed by atoms with Crippen LogP contribution in [0.2, 0.25) is 0 Å². The Bertz CT molecular complexity index is 731. The van der Waals surface area contributed by atoms with Crippen LogP contribution >= 0.6 is 15.9 Å². The first kappa shape index (κ1) is 20.1. The maximum Gasteiger partial charge on any atom is 0.224 e. The van der Waals surface area contributed by atoms with Crippen LogP contribution in [0.3, 0.4) is 0 Å². The summed E-state index contributed by atoms with van der Waals surface area (Å²) in [4.78, 5) is 12.2. The predicted molar refractivity (Wildman–Crippen MR) is 106 cm³/mol. The summed E-state index contributed by atoms with van der Waals surface area (Å²) in [6.45, 7) is 2.60. The van der Waals surface area contributed by atoms with E-state index in [0.29, 0.717) is 36.6 Å². The smallest absolute Gasteiger partial charge is 0.224 e. The van der Waals surface area contributed by atoms with Crippen molar-refractivity contribution in [2.75, 3.05) is 26.1 Å². The number of benzene rings is 2. The number of rotatable bonds is 9. The van der Waals surface area contributed by atoms with Crippen molar-refractivity contribution in [1.82, 2.24) is 0 Å². The van der Waals surface area contributed by atoms with E-state index in [9.17, 15) is 4.79 Å². The molecule has 2 rings (SSSR count). The Labute approximate surface area is 162 Å². The molecule has 26 heavy (non-hydrogen) atoms. The predicted octanol–water partition coefficient (Wildman–Crippen LogP) is 4.83. The molecule has 0 saturated heterocycles. The SMILES string of the molecule is CCc1ccc(OCCCC(=O)Nc2cc(OC)c(Br)cc2OC)cc1. The summed E-state index contributed by atoms with van der Waals surface area (Å²) >= 11 is 3.40. The van der Waals surface area contributed by atoms with Crippen molar-refractivity contribution >= 4 is 27.5 Å². The van der Waals surface area contributed by atoms with Crippen LogP contribution in [0.15, 0.2) is 40.9 Å². The fourth-order valence-corrected chi connectivity index (χ4v) is 2.90. The molecule has 0 aliphatic heterocycles. The minimum absolute atomic E-state index is 0.0994. The van der Waals surface area contributed by atoms with Gasteiger partial charge in [-0.3, -0.25) is 4.79 Å². The second-order valence-electron chi connectivity index (χ2n) is 5.68. The van der Waals surface area contributed by atoms with E-state index < -0.39 is 0 Å². The second-order valence-corrected chi connectivity index (χ2v) is 6.54. The van der Waals surface area contributed by atoms with E-state index in [0.717, 1.165) is 16.6 Å². The molecule has 0 aliphatic carbocycles. The van der Waals surface area contributed by atoms with E-state index in [1.165, 1.54) is 5.56 Å². The van der Waals surface area contributed by atoms with Gasteiger partial charge in [-0.25, -0.2) is 0 Å². The highest BCUT2D eigenvalue weighted by molar-refractivity contribution is 9.10. The summed E-state index contributed by atoms with van der Waals surface area (Å²) in [5.74, 6) is 1.91. The van der Waals surface area contributed by atoms with Crippen LogP contribution in [0.25, 0.3) is 0 Å². The number of amides is 1. The zero-order valence-electron chi connectivity index (χ0n) is 15.3. The maximum absolute atomic E-state index is 12.2. The molecule has 0 unspecified atom stereocenters. The number of nitrogens with one attached hydrogen (secondary N) is 1. The van der Waals surface area contributed by atoms with Gasteiger partial charge in [0, 0.05) is 18.6 Å².